The molecule has 4 aromatic carbocycles. The van der Waals surface area contributed by atoms with E-state index in [2.05, 4.69) is 10.6 Å². The molecule has 296 valence electrons. The van der Waals surface area contributed by atoms with Crippen LogP contribution in [-0.4, -0.2) is 83.6 Å². The normalized spacial score (nSPS) is 9.62. The van der Waals surface area contributed by atoms with Gasteiger partial charge in [0, 0.05) is 24.3 Å². The fourth-order valence-corrected chi connectivity index (χ4v) is 4.47. The van der Waals surface area contributed by atoms with Gasteiger partial charge in [-0.2, -0.15) is 0 Å². The van der Waals surface area contributed by atoms with Gasteiger partial charge in [0.15, 0.2) is 34.5 Å². The number of nitrogens with one attached hydrogen (secondary N) is 2. The second kappa shape index (κ2) is 24.2. The molecule has 17 nitrogen and oxygen atoms in total. The number of carboxylic acid groups (broad SMARTS) is 1. The molecule has 0 unspecified atom stereocenters. The van der Waals surface area contributed by atoms with Crippen molar-refractivity contribution in [2.75, 3.05) is 59.9 Å². The molecule has 0 aliphatic heterocycles. The molecule has 56 heavy (non-hydrogen) atoms. The molecule has 0 aliphatic carbocycles. The first-order chi connectivity index (χ1) is 26.0. The summed E-state index contributed by atoms with van der Waals surface area (Å²) in [5.74, 6) is 1.44. The Morgan fingerprint density at radius 2 is 0.964 bits per heavy atom. The zero-order valence-electron chi connectivity index (χ0n) is 32.3. The first kappa shape index (κ1) is 47.7. The summed E-state index contributed by atoms with van der Waals surface area (Å²) in [6.07, 6.45) is -1.07. The maximum atomic E-state index is 12.2. The second-order valence-electron chi connectivity index (χ2n) is 10.6. The summed E-state index contributed by atoms with van der Waals surface area (Å²) in [7, 11) is 9.09. The van der Waals surface area contributed by atoms with Crippen molar-refractivity contribution in [2.24, 2.45) is 0 Å². The summed E-state index contributed by atoms with van der Waals surface area (Å²) in [4.78, 5) is 46.1. The molecule has 0 heterocycles. The minimum Gasteiger partial charge on any atom is -0.870 e. The summed E-state index contributed by atoms with van der Waals surface area (Å²) in [5, 5.41) is 13.9. The molecule has 4 rings (SSSR count). The van der Waals surface area contributed by atoms with Gasteiger partial charge >= 0.3 is 30.8 Å². The van der Waals surface area contributed by atoms with E-state index in [1.54, 1.807) is 86.8 Å². The number of carboxylic acids is 1. The Kier molecular flexibility index (Phi) is 20.6. The molecule has 0 spiro atoms. The number of hydrogen-bond donors (Lipinski definition) is 3. The number of methoxy groups -OCH3 is 6. The fraction of sp³-hybridized carbons (Fsp3) is 0.263. The van der Waals surface area contributed by atoms with E-state index in [0.717, 1.165) is 0 Å². The molecule has 2 amide bonds. The molecular formula is C38H43LiN2O15. The number of benzene rings is 4. The molecule has 0 aliphatic rings. The van der Waals surface area contributed by atoms with E-state index in [9.17, 15) is 19.2 Å². The van der Waals surface area contributed by atoms with Crippen molar-refractivity contribution in [1.29, 1.82) is 0 Å². The van der Waals surface area contributed by atoms with Gasteiger partial charge in [-0.25, -0.2) is 0 Å². The Bertz CT molecular complexity index is 1920. The predicted molar refractivity (Wildman–Crippen MR) is 198 cm³/mol. The summed E-state index contributed by atoms with van der Waals surface area (Å²) >= 11 is 0. The number of hydrogen-bond acceptors (Lipinski definition) is 14. The van der Waals surface area contributed by atoms with Crippen LogP contribution in [0.15, 0.2) is 72.8 Å². The molecule has 0 bridgehead atoms. The molecule has 0 fully saturated rings. The van der Waals surface area contributed by atoms with Crippen molar-refractivity contribution in [3.8, 4) is 57.5 Å². The van der Waals surface area contributed by atoms with E-state index in [4.69, 9.17) is 47.7 Å². The first-order valence-electron chi connectivity index (χ1n) is 16.1. The van der Waals surface area contributed by atoms with Gasteiger partial charge in [0.1, 0.15) is 35.8 Å². The molecule has 18 heteroatoms. The third-order valence-corrected chi connectivity index (χ3v) is 7.03. The van der Waals surface area contributed by atoms with Gasteiger partial charge in [0.25, 0.3) is 0 Å². The molecule has 4 aromatic rings. The fourth-order valence-electron chi connectivity index (χ4n) is 4.47. The van der Waals surface area contributed by atoms with E-state index in [0.29, 0.717) is 63.1 Å². The quantitative estimate of drug-likeness (QED) is 0.0796. The first-order valence-corrected chi connectivity index (χ1v) is 16.1. The number of ether oxygens (including phenoxy) is 9. The molecule has 0 saturated carbocycles. The smallest absolute Gasteiger partial charge is 0.870 e. The minimum absolute atomic E-state index is 0. The third kappa shape index (κ3) is 14.5. The topological polar surface area (TPSA) is 226 Å². The number of carbonyl (C=O) groups is 4. The van der Waals surface area contributed by atoms with Crippen molar-refractivity contribution in [3.05, 3.63) is 72.8 Å². The van der Waals surface area contributed by atoms with Gasteiger partial charge in [-0.05, 0) is 55.5 Å². The number of amides is 2. The number of rotatable bonds is 17. The maximum absolute atomic E-state index is 12.2. The van der Waals surface area contributed by atoms with E-state index < -0.39 is 36.6 Å². The molecule has 0 saturated heterocycles. The molecule has 0 radical (unpaired) electrons. The zero-order chi connectivity index (χ0) is 39.6. The van der Waals surface area contributed by atoms with Crippen LogP contribution in [0, 0.1) is 0 Å². The molecule has 0 aromatic heterocycles. The summed E-state index contributed by atoms with van der Waals surface area (Å²) < 4.78 is 47.9. The monoisotopic (exact) mass is 774 g/mol. The Morgan fingerprint density at radius 3 is 1.50 bits per heavy atom. The van der Waals surface area contributed by atoms with Crippen LogP contribution >= 0.6 is 0 Å². The predicted octanol–water partition coefficient (Wildman–Crippen LogP) is 3.14. The number of esters is 1. The Hall–Kier alpha value is -6.28. The number of anilines is 2. The molecule has 0 atom stereocenters. The number of carbonyl (C=O) groups excluding carboxylic acids is 3. The van der Waals surface area contributed by atoms with Crippen LogP contribution < -0.4 is 67.4 Å². The minimum atomic E-state index is -1.23. The Labute approximate surface area is 335 Å². The van der Waals surface area contributed by atoms with Gasteiger partial charge in [-0.1, -0.05) is 0 Å². The van der Waals surface area contributed by atoms with Gasteiger partial charge in [0.2, 0.25) is 11.8 Å². The SMILES string of the molecule is CCOC(=O)CC(=O)Nc1cc(OC)ccc1Oc1cc(OC)ccc1OC.COc1ccc(NC(=O)CC(=O)O)c(Oc2ccc(OC)cc2OC)c1.[Li+].[OH-]. The summed E-state index contributed by atoms with van der Waals surface area (Å²) in [5.41, 5.74) is 0.633. The van der Waals surface area contributed by atoms with Crippen LogP contribution in [0.25, 0.3) is 0 Å². The van der Waals surface area contributed by atoms with Gasteiger partial charge in [0.05, 0.1) is 60.6 Å². The van der Waals surface area contributed by atoms with Crippen molar-refractivity contribution >= 4 is 35.1 Å². The summed E-state index contributed by atoms with van der Waals surface area (Å²) in [6.45, 7) is 1.88. The van der Waals surface area contributed by atoms with Crippen molar-refractivity contribution in [2.45, 2.75) is 19.8 Å². The van der Waals surface area contributed by atoms with E-state index >= 15 is 0 Å². The standard InChI is InChI=1S/C20H23NO7.C18H19NO7.Li.H2O/c1-5-27-20(23)12-19(22)21-15-10-13(24-2)6-8-16(15)28-18-11-14(25-3)7-9-17(18)26-4;1-23-11-4-6-13(19-17(20)10-18(21)22)15(8-11)26-14-7-5-12(24-2)9-16(14)25-3;;/h6-11H,5,12H2,1-4H3,(H,21,22);4-9H,10H2,1-3H3,(H,19,20)(H,21,22);;1H2/q;;+1;/p-1. The Morgan fingerprint density at radius 1 is 0.518 bits per heavy atom. The van der Waals surface area contributed by atoms with Crippen LogP contribution in [0.2, 0.25) is 0 Å². The van der Waals surface area contributed by atoms with E-state index in [-0.39, 0.29) is 36.7 Å². The zero-order valence-corrected chi connectivity index (χ0v) is 32.3. The van der Waals surface area contributed by atoms with Crippen LogP contribution in [0.1, 0.15) is 19.8 Å². The van der Waals surface area contributed by atoms with Gasteiger partial charge in [-0.3, -0.25) is 19.2 Å². The van der Waals surface area contributed by atoms with E-state index in [1.165, 1.54) is 35.5 Å². The largest absolute Gasteiger partial charge is 1.00 e. The van der Waals surface area contributed by atoms with Crippen LogP contribution in [0.4, 0.5) is 11.4 Å². The van der Waals surface area contributed by atoms with Gasteiger partial charge in [-0.15, -0.1) is 0 Å². The molecule has 4 N–H and O–H groups in total. The van der Waals surface area contributed by atoms with E-state index in [1.807, 2.05) is 0 Å². The summed E-state index contributed by atoms with van der Waals surface area (Å²) in [6, 6.07) is 19.8. The van der Waals surface area contributed by atoms with Crippen molar-refractivity contribution < 1.29 is 91.3 Å². The number of aliphatic carboxylic acids is 1. The average molecular weight is 775 g/mol. The van der Waals surface area contributed by atoms with Gasteiger partial charge < -0.3 is 63.8 Å². The average Bonchev–Trinajstić information content (AvgIpc) is 3.16. The Balaban J connectivity index is 0.000000542. The maximum Gasteiger partial charge on any atom is 1.00 e. The van der Waals surface area contributed by atoms with Crippen LogP contribution in [0.3, 0.4) is 0 Å². The van der Waals surface area contributed by atoms with Crippen molar-refractivity contribution in [3.63, 3.8) is 0 Å². The van der Waals surface area contributed by atoms with Crippen molar-refractivity contribution in [1.82, 2.24) is 0 Å². The second-order valence-corrected chi connectivity index (χ2v) is 10.6. The third-order valence-electron chi connectivity index (χ3n) is 7.03. The van der Waals surface area contributed by atoms with Crippen LogP contribution in [0.5, 0.6) is 57.5 Å². The molecular weight excluding hydrogens is 731 g/mol. The van der Waals surface area contributed by atoms with Crippen LogP contribution in [-0.2, 0) is 23.9 Å².